The molecule has 9 heteroatoms. The first-order valence-electron chi connectivity index (χ1n) is 11.3. The van der Waals surface area contributed by atoms with Crippen molar-refractivity contribution in [1.29, 1.82) is 0 Å². The van der Waals surface area contributed by atoms with E-state index in [-0.39, 0.29) is 5.69 Å². The molecule has 0 spiro atoms. The Hall–Kier alpha value is -4.11. The number of nitrogens with one attached hydrogen (secondary N) is 3. The maximum atomic E-state index is 13.2. The molecule has 3 amide bonds. The smallest absolute Gasteiger partial charge is 0.328 e. The highest BCUT2D eigenvalue weighted by atomic mass is 79.9. The Balaban J connectivity index is 1.62. The van der Waals surface area contributed by atoms with E-state index in [9.17, 15) is 14.4 Å². The molecule has 3 N–H and O–H groups in total. The fraction of sp³-hybridized carbons (Fsp3) is 0.148. The lowest BCUT2D eigenvalue weighted by atomic mass is 10.1. The zero-order chi connectivity index (χ0) is 25.8. The molecule has 184 valence electrons. The molecule has 0 radical (unpaired) electrons. The third-order valence-corrected chi connectivity index (χ3v) is 6.11. The van der Waals surface area contributed by atoms with E-state index >= 15 is 0 Å². The second kappa shape index (κ2) is 10.7. The molecule has 0 saturated carbocycles. The van der Waals surface area contributed by atoms with Crippen molar-refractivity contribution < 1.29 is 19.1 Å². The Kier molecular flexibility index (Phi) is 7.40. The van der Waals surface area contributed by atoms with Gasteiger partial charge in [0.15, 0.2) is 0 Å². The standard InChI is InChI=1S/C27H25BrN4O4/c1-4-36-24-8-6-5-7-21(24)30-26(34)27(35)31-32-22-12-10-19(28)14-18(22)15-23(32)25(33)29-20-11-9-16(2)17(3)13-20/h5-15H,4H2,1-3H3,(H,29,33)(H,30,34)(H,31,35). The van der Waals surface area contributed by atoms with Gasteiger partial charge < -0.3 is 15.4 Å². The predicted octanol–water partition coefficient (Wildman–Crippen LogP) is 5.38. The van der Waals surface area contributed by atoms with Crippen molar-refractivity contribution in [3.05, 3.63) is 88.0 Å². The van der Waals surface area contributed by atoms with E-state index in [0.29, 0.717) is 34.6 Å². The van der Waals surface area contributed by atoms with Crippen LogP contribution in [0.5, 0.6) is 5.75 Å². The van der Waals surface area contributed by atoms with Gasteiger partial charge in [0.1, 0.15) is 11.4 Å². The molecule has 0 unspecified atom stereocenters. The number of para-hydroxylation sites is 2. The second-order valence-electron chi connectivity index (χ2n) is 8.15. The average molecular weight is 549 g/mol. The van der Waals surface area contributed by atoms with Crippen LogP contribution in [0.3, 0.4) is 0 Å². The van der Waals surface area contributed by atoms with E-state index in [1.807, 2.05) is 45.0 Å². The van der Waals surface area contributed by atoms with Crippen molar-refractivity contribution in [2.24, 2.45) is 0 Å². The molecule has 0 aliphatic carbocycles. The molecule has 0 fully saturated rings. The number of nitrogens with zero attached hydrogens (tertiary/aromatic N) is 1. The van der Waals surface area contributed by atoms with Crippen LogP contribution in [0.1, 0.15) is 28.5 Å². The van der Waals surface area contributed by atoms with Gasteiger partial charge in [0.25, 0.3) is 5.91 Å². The molecule has 0 aliphatic heterocycles. The molecular formula is C27H25BrN4O4. The summed E-state index contributed by atoms with van der Waals surface area (Å²) in [5.41, 5.74) is 6.42. The van der Waals surface area contributed by atoms with Crippen molar-refractivity contribution >= 4 is 55.9 Å². The van der Waals surface area contributed by atoms with E-state index in [4.69, 9.17) is 4.74 Å². The van der Waals surface area contributed by atoms with Gasteiger partial charge in [-0.3, -0.25) is 19.8 Å². The summed E-state index contributed by atoms with van der Waals surface area (Å²) < 4.78 is 7.63. The number of hydrogen-bond donors (Lipinski definition) is 3. The maximum absolute atomic E-state index is 13.2. The van der Waals surface area contributed by atoms with E-state index in [1.54, 1.807) is 42.5 Å². The van der Waals surface area contributed by atoms with E-state index in [2.05, 4.69) is 32.0 Å². The van der Waals surface area contributed by atoms with Crippen molar-refractivity contribution in [2.75, 3.05) is 22.7 Å². The summed E-state index contributed by atoms with van der Waals surface area (Å²) in [5, 5.41) is 6.14. The summed E-state index contributed by atoms with van der Waals surface area (Å²) in [6.45, 7) is 6.18. The van der Waals surface area contributed by atoms with Crippen LogP contribution in [0.15, 0.2) is 71.2 Å². The number of rotatable bonds is 6. The number of anilines is 2. The number of amides is 3. The summed E-state index contributed by atoms with van der Waals surface area (Å²) in [6.07, 6.45) is 0. The quantitative estimate of drug-likeness (QED) is 0.281. The lowest BCUT2D eigenvalue weighted by Gasteiger charge is -2.14. The van der Waals surface area contributed by atoms with Crippen LogP contribution >= 0.6 is 15.9 Å². The molecule has 8 nitrogen and oxygen atoms in total. The minimum absolute atomic E-state index is 0.164. The third kappa shape index (κ3) is 5.41. The first-order chi connectivity index (χ1) is 17.3. The normalized spacial score (nSPS) is 10.7. The number of carbonyl (C=O) groups excluding carboxylic acids is 3. The summed E-state index contributed by atoms with van der Waals surface area (Å²) in [7, 11) is 0. The minimum atomic E-state index is -0.943. The third-order valence-electron chi connectivity index (χ3n) is 5.62. The van der Waals surface area contributed by atoms with Crippen LogP contribution in [0, 0.1) is 13.8 Å². The molecule has 4 rings (SSSR count). The minimum Gasteiger partial charge on any atom is -0.492 e. The Bertz CT molecular complexity index is 1480. The number of hydrogen-bond acceptors (Lipinski definition) is 4. The molecule has 0 bridgehead atoms. The molecule has 36 heavy (non-hydrogen) atoms. The van der Waals surface area contributed by atoms with Crippen LogP contribution in [0.4, 0.5) is 11.4 Å². The number of halogens is 1. The summed E-state index contributed by atoms with van der Waals surface area (Å²) >= 11 is 3.43. The number of ether oxygens (including phenoxy) is 1. The second-order valence-corrected chi connectivity index (χ2v) is 9.06. The van der Waals surface area contributed by atoms with Crippen molar-refractivity contribution in [2.45, 2.75) is 20.8 Å². The molecule has 0 atom stereocenters. The lowest BCUT2D eigenvalue weighted by molar-refractivity contribution is -0.133. The topological polar surface area (TPSA) is 101 Å². The summed E-state index contributed by atoms with van der Waals surface area (Å²) in [6, 6.07) is 19.4. The Morgan fingerprint density at radius 3 is 2.42 bits per heavy atom. The van der Waals surface area contributed by atoms with Crippen LogP contribution in [-0.2, 0) is 9.59 Å². The number of aryl methyl sites for hydroxylation is 2. The fourth-order valence-corrected chi connectivity index (χ4v) is 4.05. The molecule has 1 aromatic heterocycles. The zero-order valence-electron chi connectivity index (χ0n) is 20.0. The predicted molar refractivity (Wildman–Crippen MR) is 144 cm³/mol. The van der Waals surface area contributed by atoms with Gasteiger partial charge in [-0.2, -0.15) is 0 Å². The number of benzene rings is 3. The molecular weight excluding hydrogens is 524 g/mol. The molecule has 4 aromatic rings. The highest BCUT2D eigenvalue weighted by Crippen LogP contribution is 2.25. The maximum Gasteiger partial charge on any atom is 0.328 e. The van der Waals surface area contributed by atoms with E-state index in [1.165, 1.54) is 4.68 Å². The van der Waals surface area contributed by atoms with Crippen LogP contribution in [0.2, 0.25) is 0 Å². The van der Waals surface area contributed by atoms with Gasteiger partial charge in [-0.1, -0.05) is 34.1 Å². The van der Waals surface area contributed by atoms with Crippen LogP contribution < -0.4 is 20.8 Å². The highest BCUT2D eigenvalue weighted by molar-refractivity contribution is 9.10. The largest absolute Gasteiger partial charge is 0.492 e. The van der Waals surface area contributed by atoms with Crippen molar-refractivity contribution in [1.82, 2.24) is 4.68 Å². The van der Waals surface area contributed by atoms with Gasteiger partial charge in [-0.25, -0.2) is 4.68 Å². The van der Waals surface area contributed by atoms with Gasteiger partial charge in [-0.15, -0.1) is 0 Å². The SMILES string of the molecule is CCOc1ccccc1NC(=O)C(=O)Nn1c(C(=O)Nc2ccc(C)c(C)c2)cc2cc(Br)ccc21. The zero-order valence-corrected chi connectivity index (χ0v) is 21.6. The molecule has 0 aliphatic rings. The fourth-order valence-electron chi connectivity index (χ4n) is 3.67. The van der Waals surface area contributed by atoms with Crippen molar-refractivity contribution in [3.63, 3.8) is 0 Å². The monoisotopic (exact) mass is 548 g/mol. The van der Waals surface area contributed by atoms with Gasteiger partial charge >= 0.3 is 11.8 Å². The van der Waals surface area contributed by atoms with Gasteiger partial charge in [0.2, 0.25) is 0 Å². The summed E-state index contributed by atoms with van der Waals surface area (Å²) in [5.74, 6) is -1.83. The van der Waals surface area contributed by atoms with Gasteiger partial charge in [-0.05, 0) is 80.4 Å². The van der Waals surface area contributed by atoms with Gasteiger partial charge in [0, 0.05) is 15.5 Å². The van der Waals surface area contributed by atoms with Crippen molar-refractivity contribution in [3.8, 4) is 5.75 Å². The molecule has 0 saturated heterocycles. The molecule has 3 aromatic carbocycles. The number of carbonyl (C=O) groups is 3. The Morgan fingerprint density at radius 1 is 0.889 bits per heavy atom. The first-order valence-corrected chi connectivity index (χ1v) is 12.1. The van der Waals surface area contributed by atoms with E-state index in [0.717, 1.165) is 15.6 Å². The number of fused-ring (bicyclic) bond motifs is 1. The summed E-state index contributed by atoms with van der Waals surface area (Å²) in [4.78, 5) is 38.8. The van der Waals surface area contributed by atoms with Crippen LogP contribution in [-0.4, -0.2) is 29.0 Å². The Labute approximate surface area is 216 Å². The average Bonchev–Trinajstić information content (AvgIpc) is 3.20. The van der Waals surface area contributed by atoms with Gasteiger partial charge in [0.05, 0.1) is 17.8 Å². The van der Waals surface area contributed by atoms with Crippen LogP contribution in [0.25, 0.3) is 10.9 Å². The molecule has 1 heterocycles. The first kappa shape index (κ1) is 25.0. The Morgan fingerprint density at radius 2 is 1.67 bits per heavy atom. The lowest BCUT2D eigenvalue weighted by Crippen LogP contribution is -2.36. The number of aromatic nitrogens is 1. The van der Waals surface area contributed by atoms with E-state index < -0.39 is 17.7 Å². The highest BCUT2D eigenvalue weighted by Gasteiger charge is 2.22.